The number of hydrogen-bond donors (Lipinski definition) is 1. The van der Waals surface area contributed by atoms with Crippen LogP contribution in [0.4, 0.5) is 0 Å². The molecule has 1 heterocycles. The summed E-state index contributed by atoms with van der Waals surface area (Å²) in [7, 11) is 1.80. The number of hydrogen-bond acceptors (Lipinski definition) is 3. The highest BCUT2D eigenvalue weighted by Gasteiger charge is 2.43. The Morgan fingerprint density at radius 1 is 1.03 bits per heavy atom. The molecule has 1 aliphatic heterocycles. The largest absolute Gasteiger partial charge is 0.379 e. The van der Waals surface area contributed by atoms with E-state index in [1.807, 2.05) is 0 Å². The molecule has 6 rings (SSSR count). The summed E-state index contributed by atoms with van der Waals surface area (Å²) in [5.41, 5.74) is 7.16. The van der Waals surface area contributed by atoms with Crippen molar-refractivity contribution in [3.05, 3.63) is 59.2 Å². The summed E-state index contributed by atoms with van der Waals surface area (Å²) in [6, 6.07) is 16.0. The van der Waals surface area contributed by atoms with Crippen molar-refractivity contribution in [3.8, 4) is 11.1 Å². The van der Waals surface area contributed by atoms with Crippen LogP contribution in [0, 0.1) is 17.8 Å². The van der Waals surface area contributed by atoms with Crippen LogP contribution in [-0.4, -0.2) is 43.2 Å². The molecule has 4 nitrogen and oxygen atoms in total. The summed E-state index contributed by atoms with van der Waals surface area (Å²) in [5.74, 6) is 1.85. The smallest absolute Gasteiger partial charge is 0.223 e. The third-order valence-electron chi connectivity index (χ3n) is 8.04. The quantitative estimate of drug-likeness (QED) is 0.683. The maximum Gasteiger partial charge on any atom is 0.223 e. The Bertz CT molecular complexity index is 998. The van der Waals surface area contributed by atoms with E-state index in [9.17, 15) is 4.79 Å². The van der Waals surface area contributed by atoms with Crippen LogP contribution in [0.3, 0.4) is 0 Å². The Morgan fingerprint density at radius 2 is 1.81 bits per heavy atom. The Morgan fingerprint density at radius 3 is 2.61 bits per heavy atom. The predicted molar refractivity (Wildman–Crippen MR) is 122 cm³/mol. The molecule has 0 unspecified atom stereocenters. The number of nitrogens with one attached hydrogen (secondary N) is 1. The molecule has 31 heavy (non-hydrogen) atoms. The number of carbonyl (C=O) groups is 1. The fraction of sp³-hybridized carbons (Fsp3) is 0.519. The van der Waals surface area contributed by atoms with Gasteiger partial charge in [0.05, 0.1) is 12.1 Å². The second-order valence-corrected chi connectivity index (χ2v) is 10.2. The molecule has 0 bridgehead atoms. The summed E-state index contributed by atoms with van der Waals surface area (Å²) in [4.78, 5) is 15.0. The number of methoxy groups -OCH3 is 1. The van der Waals surface area contributed by atoms with E-state index in [1.165, 1.54) is 27.8 Å². The van der Waals surface area contributed by atoms with Gasteiger partial charge in [-0.15, -0.1) is 0 Å². The van der Waals surface area contributed by atoms with Gasteiger partial charge < -0.3 is 10.1 Å². The van der Waals surface area contributed by atoms with Gasteiger partial charge in [-0.1, -0.05) is 42.5 Å². The lowest BCUT2D eigenvalue weighted by molar-refractivity contribution is -0.125. The van der Waals surface area contributed by atoms with Gasteiger partial charge in [0, 0.05) is 32.7 Å². The van der Waals surface area contributed by atoms with Crippen molar-refractivity contribution in [2.45, 2.75) is 50.8 Å². The highest BCUT2D eigenvalue weighted by Crippen LogP contribution is 2.40. The first-order valence-corrected chi connectivity index (χ1v) is 11.9. The molecule has 2 saturated carbocycles. The summed E-state index contributed by atoms with van der Waals surface area (Å²) in [6.45, 7) is 3.30. The van der Waals surface area contributed by atoms with E-state index in [0.29, 0.717) is 11.8 Å². The number of benzene rings is 2. The Balaban J connectivity index is 1.12. The molecule has 2 aromatic carbocycles. The molecule has 0 spiro atoms. The third-order valence-corrected chi connectivity index (χ3v) is 8.04. The molecule has 3 fully saturated rings. The molecule has 1 saturated heterocycles. The van der Waals surface area contributed by atoms with E-state index in [-0.39, 0.29) is 24.0 Å². The average Bonchev–Trinajstić information content (AvgIpc) is 3.46. The van der Waals surface area contributed by atoms with Crippen LogP contribution in [0.5, 0.6) is 0 Å². The van der Waals surface area contributed by atoms with Crippen molar-refractivity contribution in [3.63, 3.8) is 0 Å². The molecular weight excluding hydrogens is 384 g/mol. The zero-order chi connectivity index (χ0) is 20.9. The Kier molecular flexibility index (Phi) is 4.88. The van der Waals surface area contributed by atoms with Crippen LogP contribution < -0.4 is 5.32 Å². The summed E-state index contributed by atoms with van der Waals surface area (Å²) in [5, 5.41) is 3.31. The molecule has 162 valence electrons. The Labute approximate surface area is 185 Å². The maximum atomic E-state index is 12.3. The number of fused-ring (bicyclic) bond motifs is 4. The molecule has 3 aliphatic carbocycles. The topological polar surface area (TPSA) is 41.6 Å². The SMILES string of the molecule is CO[C@H]1C[C@@H]2CN(Cc3ccc4c(c3)Cc3ccccc3-4)C[C@@H]2C[C@@H]1NC(=O)C1CC1. The lowest BCUT2D eigenvalue weighted by atomic mass is 9.77. The monoisotopic (exact) mass is 416 g/mol. The molecule has 1 amide bonds. The predicted octanol–water partition coefficient (Wildman–Crippen LogP) is 4.01. The van der Waals surface area contributed by atoms with Gasteiger partial charge in [0.1, 0.15) is 0 Å². The zero-order valence-electron chi connectivity index (χ0n) is 18.3. The van der Waals surface area contributed by atoms with Crippen molar-refractivity contribution in [2.75, 3.05) is 20.2 Å². The molecule has 4 heteroatoms. The minimum Gasteiger partial charge on any atom is -0.379 e. The van der Waals surface area contributed by atoms with Gasteiger partial charge in [-0.2, -0.15) is 0 Å². The summed E-state index contributed by atoms with van der Waals surface area (Å²) < 4.78 is 5.81. The Hall–Kier alpha value is -2.17. The van der Waals surface area contributed by atoms with Gasteiger partial charge >= 0.3 is 0 Å². The van der Waals surface area contributed by atoms with Crippen LogP contribution in [0.25, 0.3) is 11.1 Å². The van der Waals surface area contributed by atoms with E-state index >= 15 is 0 Å². The normalized spacial score (nSPS) is 29.3. The fourth-order valence-corrected chi connectivity index (χ4v) is 6.25. The molecule has 0 aromatic heterocycles. The minimum atomic E-state index is 0.155. The van der Waals surface area contributed by atoms with Crippen molar-refractivity contribution >= 4 is 5.91 Å². The summed E-state index contributed by atoms with van der Waals surface area (Å²) in [6.07, 6.45) is 5.44. The molecule has 4 aliphatic rings. The van der Waals surface area contributed by atoms with Crippen molar-refractivity contribution in [1.82, 2.24) is 10.2 Å². The standard InChI is InChI=1S/C27H32N2O2/c1-31-26-13-22-16-29(15-21(22)12-25(26)28-27(30)18-7-8-18)14-17-6-9-24-20(10-17)11-19-4-2-3-5-23(19)24/h2-6,9-10,18,21-22,25-26H,7-8,11-16H2,1H3,(H,28,30)/t21-,22+,25-,26-/m0/s1. The zero-order valence-corrected chi connectivity index (χ0v) is 18.3. The average molecular weight is 417 g/mol. The lowest BCUT2D eigenvalue weighted by Crippen LogP contribution is -2.50. The summed E-state index contributed by atoms with van der Waals surface area (Å²) >= 11 is 0. The van der Waals surface area contributed by atoms with Gasteiger partial charge in [-0.05, 0) is 71.8 Å². The first-order valence-electron chi connectivity index (χ1n) is 11.9. The van der Waals surface area contributed by atoms with Crippen LogP contribution in [0.2, 0.25) is 0 Å². The molecule has 1 N–H and O–H groups in total. The van der Waals surface area contributed by atoms with Crippen molar-refractivity contribution in [1.29, 1.82) is 0 Å². The number of amides is 1. The first-order chi connectivity index (χ1) is 15.2. The molecule has 2 aromatic rings. The van der Waals surface area contributed by atoms with Gasteiger partial charge in [0.15, 0.2) is 0 Å². The molecule has 4 atom stereocenters. The number of ether oxygens (including phenoxy) is 1. The van der Waals surface area contributed by atoms with Crippen molar-refractivity contribution < 1.29 is 9.53 Å². The molecular formula is C27H32N2O2. The second kappa shape index (κ2) is 7.75. The number of carbonyl (C=O) groups excluding carboxylic acids is 1. The van der Waals surface area contributed by atoms with Gasteiger partial charge in [-0.3, -0.25) is 9.69 Å². The number of nitrogens with zero attached hydrogens (tertiary/aromatic N) is 1. The van der Waals surface area contributed by atoms with Gasteiger partial charge in [0.2, 0.25) is 5.91 Å². The van der Waals surface area contributed by atoms with E-state index in [1.54, 1.807) is 7.11 Å². The fourth-order valence-electron chi connectivity index (χ4n) is 6.25. The second-order valence-electron chi connectivity index (χ2n) is 10.2. The first kappa shape index (κ1) is 19.5. The van der Waals surface area contributed by atoms with E-state index < -0.39 is 0 Å². The maximum absolute atomic E-state index is 12.3. The van der Waals surface area contributed by atoms with E-state index in [2.05, 4.69) is 52.7 Å². The number of likely N-dealkylation sites (tertiary alicyclic amines) is 1. The van der Waals surface area contributed by atoms with Gasteiger partial charge in [-0.25, -0.2) is 0 Å². The highest BCUT2D eigenvalue weighted by atomic mass is 16.5. The van der Waals surface area contributed by atoms with Crippen LogP contribution in [0.15, 0.2) is 42.5 Å². The van der Waals surface area contributed by atoms with Crippen LogP contribution in [-0.2, 0) is 22.5 Å². The van der Waals surface area contributed by atoms with Crippen LogP contribution in [0.1, 0.15) is 42.4 Å². The minimum absolute atomic E-state index is 0.155. The van der Waals surface area contributed by atoms with Crippen LogP contribution >= 0.6 is 0 Å². The highest BCUT2D eigenvalue weighted by molar-refractivity contribution is 5.81. The van der Waals surface area contributed by atoms with Gasteiger partial charge in [0.25, 0.3) is 0 Å². The van der Waals surface area contributed by atoms with Crippen molar-refractivity contribution in [2.24, 2.45) is 17.8 Å². The van der Waals surface area contributed by atoms with E-state index in [0.717, 1.165) is 51.7 Å². The third kappa shape index (κ3) is 3.70. The number of rotatable bonds is 5. The van der Waals surface area contributed by atoms with E-state index in [4.69, 9.17) is 4.74 Å². The molecule has 0 radical (unpaired) electrons. The lowest BCUT2D eigenvalue weighted by Gasteiger charge is -2.37.